The van der Waals surface area contributed by atoms with Crippen LogP contribution in [0.2, 0.25) is 0 Å². The standard InChI is InChI=1S/C19H20N2O4S/c1-13-4-6-14(7-5-13)18-12-17(19(22)25-2)20-21(18)15-8-10-16(11-9-15)26(3,23)24/h4-11,18H,12H2,1-3H3. The van der Waals surface area contributed by atoms with E-state index in [1.54, 1.807) is 29.3 Å². The molecule has 7 heteroatoms. The maximum atomic E-state index is 11.9. The minimum absolute atomic E-state index is 0.159. The number of sulfone groups is 1. The van der Waals surface area contributed by atoms with E-state index < -0.39 is 15.8 Å². The number of carbonyl (C=O) groups excluding carboxylic acids is 1. The molecule has 0 aliphatic carbocycles. The summed E-state index contributed by atoms with van der Waals surface area (Å²) in [6, 6.07) is 14.4. The Morgan fingerprint density at radius 1 is 1.12 bits per heavy atom. The van der Waals surface area contributed by atoms with Gasteiger partial charge in [0.2, 0.25) is 0 Å². The lowest BCUT2D eigenvalue weighted by Crippen LogP contribution is -2.18. The number of rotatable bonds is 4. The van der Waals surface area contributed by atoms with Gasteiger partial charge >= 0.3 is 5.97 Å². The van der Waals surface area contributed by atoms with Gasteiger partial charge < -0.3 is 4.74 Å². The lowest BCUT2D eigenvalue weighted by Gasteiger charge is -2.24. The van der Waals surface area contributed by atoms with E-state index in [1.807, 2.05) is 31.2 Å². The summed E-state index contributed by atoms with van der Waals surface area (Å²) in [6.07, 6.45) is 1.59. The Hall–Kier alpha value is -2.67. The van der Waals surface area contributed by atoms with E-state index in [2.05, 4.69) is 5.10 Å². The van der Waals surface area contributed by atoms with E-state index >= 15 is 0 Å². The van der Waals surface area contributed by atoms with E-state index in [1.165, 1.54) is 13.4 Å². The zero-order valence-electron chi connectivity index (χ0n) is 14.8. The zero-order valence-corrected chi connectivity index (χ0v) is 15.7. The molecule has 0 fully saturated rings. The van der Waals surface area contributed by atoms with Crippen molar-refractivity contribution in [2.75, 3.05) is 18.4 Å². The van der Waals surface area contributed by atoms with E-state index in [0.717, 1.165) is 11.1 Å². The Morgan fingerprint density at radius 3 is 2.27 bits per heavy atom. The van der Waals surface area contributed by atoms with Crippen molar-refractivity contribution in [2.45, 2.75) is 24.3 Å². The molecule has 0 N–H and O–H groups in total. The van der Waals surface area contributed by atoms with Crippen LogP contribution in [-0.2, 0) is 19.4 Å². The van der Waals surface area contributed by atoms with Crippen LogP contribution in [0.15, 0.2) is 58.5 Å². The largest absolute Gasteiger partial charge is 0.464 e. The molecule has 3 rings (SSSR count). The van der Waals surface area contributed by atoms with Crippen molar-refractivity contribution >= 4 is 27.2 Å². The van der Waals surface area contributed by atoms with Crippen LogP contribution >= 0.6 is 0 Å². The third kappa shape index (κ3) is 3.62. The van der Waals surface area contributed by atoms with Crippen LogP contribution in [0.25, 0.3) is 0 Å². The summed E-state index contributed by atoms with van der Waals surface area (Å²) in [7, 11) is -1.94. The summed E-state index contributed by atoms with van der Waals surface area (Å²) < 4.78 is 28.1. The Balaban J connectivity index is 1.99. The summed E-state index contributed by atoms with van der Waals surface area (Å²) in [6.45, 7) is 2.01. The number of methoxy groups -OCH3 is 1. The SMILES string of the molecule is COC(=O)C1=NN(c2ccc(S(C)(=O)=O)cc2)C(c2ccc(C)cc2)C1. The van der Waals surface area contributed by atoms with E-state index in [-0.39, 0.29) is 10.9 Å². The summed E-state index contributed by atoms with van der Waals surface area (Å²) in [5.41, 5.74) is 3.21. The van der Waals surface area contributed by atoms with Crippen molar-refractivity contribution in [1.29, 1.82) is 0 Å². The number of carbonyl (C=O) groups is 1. The van der Waals surface area contributed by atoms with Gasteiger partial charge in [-0.2, -0.15) is 5.10 Å². The molecule has 0 amide bonds. The highest BCUT2D eigenvalue weighted by molar-refractivity contribution is 7.90. The fraction of sp³-hybridized carbons (Fsp3) is 0.263. The maximum Gasteiger partial charge on any atom is 0.354 e. The van der Waals surface area contributed by atoms with Crippen molar-refractivity contribution in [3.05, 3.63) is 59.7 Å². The highest BCUT2D eigenvalue weighted by Crippen LogP contribution is 2.35. The maximum absolute atomic E-state index is 11.9. The van der Waals surface area contributed by atoms with Crippen molar-refractivity contribution in [1.82, 2.24) is 0 Å². The van der Waals surface area contributed by atoms with Crippen LogP contribution in [0.4, 0.5) is 5.69 Å². The Kier molecular flexibility index (Phi) is 4.82. The summed E-state index contributed by atoms with van der Waals surface area (Å²) >= 11 is 0. The van der Waals surface area contributed by atoms with Crippen LogP contribution in [0, 0.1) is 6.92 Å². The van der Waals surface area contributed by atoms with Crippen LogP contribution in [0.3, 0.4) is 0 Å². The predicted molar refractivity (Wildman–Crippen MR) is 100 cm³/mol. The van der Waals surface area contributed by atoms with Crippen LogP contribution < -0.4 is 5.01 Å². The quantitative estimate of drug-likeness (QED) is 0.772. The summed E-state index contributed by atoms with van der Waals surface area (Å²) in [5, 5.41) is 6.17. The van der Waals surface area contributed by atoms with Crippen molar-refractivity contribution in [3.8, 4) is 0 Å². The highest BCUT2D eigenvalue weighted by atomic mass is 32.2. The lowest BCUT2D eigenvalue weighted by molar-refractivity contribution is -0.132. The monoisotopic (exact) mass is 372 g/mol. The molecule has 2 aromatic carbocycles. The molecule has 6 nitrogen and oxygen atoms in total. The number of nitrogens with zero attached hydrogens (tertiary/aromatic N) is 2. The minimum Gasteiger partial charge on any atom is -0.464 e. The molecule has 0 saturated heterocycles. The van der Waals surface area contributed by atoms with Crippen molar-refractivity contribution < 1.29 is 17.9 Å². The van der Waals surface area contributed by atoms with Gasteiger partial charge in [0.25, 0.3) is 0 Å². The predicted octanol–water partition coefficient (Wildman–Crippen LogP) is 2.88. The number of benzene rings is 2. The molecule has 0 saturated carbocycles. The molecular formula is C19H20N2O4S. The number of esters is 1. The molecule has 1 unspecified atom stereocenters. The molecule has 1 aliphatic heterocycles. The first-order valence-corrected chi connectivity index (χ1v) is 10.0. The number of aryl methyl sites for hydroxylation is 1. The molecule has 1 atom stereocenters. The van der Waals surface area contributed by atoms with Gasteiger partial charge in [-0.3, -0.25) is 5.01 Å². The smallest absolute Gasteiger partial charge is 0.354 e. The first-order chi connectivity index (χ1) is 12.3. The van der Waals surface area contributed by atoms with Gasteiger partial charge in [0.05, 0.1) is 23.7 Å². The average Bonchev–Trinajstić information content (AvgIpc) is 3.06. The van der Waals surface area contributed by atoms with Gasteiger partial charge in [0.15, 0.2) is 9.84 Å². The Bertz CT molecular complexity index is 948. The fourth-order valence-electron chi connectivity index (χ4n) is 2.88. The van der Waals surface area contributed by atoms with Gasteiger partial charge in [-0.25, -0.2) is 13.2 Å². The second kappa shape index (κ2) is 6.92. The molecule has 0 bridgehead atoms. The highest BCUT2D eigenvalue weighted by Gasteiger charge is 2.33. The molecule has 0 aromatic heterocycles. The normalized spacial score (nSPS) is 17.1. The summed E-state index contributed by atoms with van der Waals surface area (Å²) in [4.78, 5) is 12.2. The van der Waals surface area contributed by atoms with Crippen LogP contribution in [0.1, 0.15) is 23.6 Å². The van der Waals surface area contributed by atoms with E-state index in [0.29, 0.717) is 17.8 Å². The van der Waals surface area contributed by atoms with Gasteiger partial charge in [-0.05, 0) is 36.8 Å². The van der Waals surface area contributed by atoms with Gasteiger partial charge in [0, 0.05) is 12.7 Å². The zero-order chi connectivity index (χ0) is 18.9. The molecular weight excluding hydrogens is 352 g/mol. The number of anilines is 1. The van der Waals surface area contributed by atoms with Gasteiger partial charge in [-0.15, -0.1) is 0 Å². The number of hydrazone groups is 1. The fourth-order valence-corrected chi connectivity index (χ4v) is 3.51. The second-order valence-corrected chi connectivity index (χ2v) is 8.30. The average molecular weight is 372 g/mol. The van der Waals surface area contributed by atoms with Crippen molar-refractivity contribution in [3.63, 3.8) is 0 Å². The molecule has 0 spiro atoms. The molecule has 1 heterocycles. The number of hydrogen-bond donors (Lipinski definition) is 0. The third-order valence-corrected chi connectivity index (χ3v) is 5.45. The molecule has 136 valence electrons. The first kappa shape index (κ1) is 18.1. The van der Waals surface area contributed by atoms with E-state index in [9.17, 15) is 13.2 Å². The minimum atomic E-state index is -3.27. The molecule has 1 aliphatic rings. The Labute approximate surface area is 153 Å². The van der Waals surface area contributed by atoms with Crippen LogP contribution in [-0.4, -0.2) is 33.5 Å². The second-order valence-electron chi connectivity index (χ2n) is 6.28. The van der Waals surface area contributed by atoms with Crippen molar-refractivity contribution in [2.24, 2.45) is 5.10 Å². The third-order valence-electron chi connectivity index (χ3n) is 4.32. The van der Waals surface area contributed by atoms with Gasteiger partial charge in [-0.1, -0.05) is 29.8 Å². The molecule has 2 aromatic rings. The lowest BCUT2D eigenvalue weighted by atomic mass is 10.0. The van der Waals surface area contributed by atoms with E-state index in [4.69, 9.17) is 4.74 Å². The molecule has 26 heavy (non-hydrogen) atoms. The number of ether oxygens (including phenoxy) is 1. The van der Waals surface area contributed by atoms with Crippen LogP contribution in [0.5, 0.6) is 0 Å². The first-order valence-electron chi connectivity index (χ1n) is 8.11. The topological polar surface area (TPSA) is 76.0 Å². The summed E-state index contributed by atoms with van der Waals surface area (Å²) in [5.74, 6) is -0.461. The number of hydrogen-bond acceptors (Lipinski definition) is 6. The van der Waals surface area contributed by atoms with Gasteiger partial charge in [0.1, 0.15) is 5.71 Å². The molecule has 0 radical (unpaired) electrons. The Morgan fingerprint density at radius 2 is 1.73 bits per heavy atom.